The second kappa shape index (κ2) is 7.99. The third-order valence-corrected chi connectivity index (χ3v) is 4.31. The number of hydroxylamine groups is 1. The van der Waals surface area contributed by atoms with Crippen molar-refractivity contribution < 1.29 is 14.4 Å². The number of hydrogen-bond acceptors (Lipinski definition) is 4. The van der Waals surface area contributed by atoms with Crippen molar-refractivity contribution in [2.75, 3.05) is 6.61 Å². The van der Waals surface area contributed by atoms with Crippen LogP contribution in [0.2, 0.25) is 5.02 Å². The van der Waals surface area contributed by atoms with Gasteiger partial charge in [0.15, 0.2) is 6.29 Å². The van der Waals surface area contributed by atoms with Gasteiger partial charge in [-0.25, -0.2) is 15.0 Å². The molecule has 0 radical (unpaired) electrons. The zero-order valence-corrected chi connectivity index (χ0v) is 15.1. The third-order valence-electron chi connectivity index (χ3n) is 4.07. The molecule has 1 aromatic heterocycles. The van der Waals surface area contributed by atoms with Crippen LogP contribution >= 0.6 is 11.6 Å². The Bertz CT molecular complexity index is 739. The minimum absolute atomic E-state index is 0.0909. The first-order valence-corrected chi connectivity index (χ1v) is 8.85. The Morgan fingerprint density at radius 3 is 2.96 bits per heavy atom. The van der Waals surface area contributed by atoms with E-state index in [0.29, 0.717) is 17.2 Å². The SMILES string of the molecule is CC(C)c1c(C(=O)NOC2CCCCO2)cnn1-c1cccc(Cl)c1. The molecular weight excluding hydrogens is 342 g/mol. The zero-order chi connectivity index (χ0) is 17.8. The monoisotopic (exact) mass is 363 g/mol. The second-order valence-corrected chi connectivity index (χ2v) is 6.77. The summed E-state index contributed by atoms with van der Waals surface area (Å²) in [5.41, 5.74) is 4.59. The zero-order valence-electron chi connectivity index (χ0n) is 14.4. The summed E-state index contributed by atoms with van der Waals surface area (Å²) in [7, 11) is 0. The molecule has 1 aliphatic heterocycles. The first kappa shape index (κ1) is 17.9. The number of carbonyl (C=O) groups excluding carboxylic acids is 1. The number of benzene rings is 1. The van der Waals surface area contributed by atoms with Gasteiger partial charge < -0.3 is 4.74 Å². The van der Waals surface area contributed by atoms with Gasteiger partial charge in [0.05, 0.1) is 23.1 Å². The molecule has 3 rings (SSSR count). The van der Waals surface area contributed by atoms with Crippen molar-refractivity contribution in [3.05, 3.63) is 46.7 Å². The number of ether oxygens (including phenoxy) is 1. The summed E-state index contributed by atoms with van der Waals surface area (Å²) in [5, 5.41) is 4.99. The largest absolute Gasteiger partial charge is 0.350 e. The predicted molar refractivity (Wildman–Crippen MR) is 94.8 cm³/mol. The molecule has 1 aromatic carbocycles. The quantitative estimate of drug-likeness (QED) is 0.820. The van der Waals surface area contributed by atoms with Gasteiger partial charge in [-0.2, -0.15) is 5.10 Å². The molecule has 6 nitrogen and oxygen atoms in total. The number of nitrogens with zero attached hydrogens (tertiary/aromatic N) is 2. The fourth-order valence-corrected chi connectivity index (χ4v) is 3.06. The van der Waals surface area contributed by atoms with Crippen molar-refractivity contribution in [3.63, 3.8) is 0 Å². The molecule has 1 aliphatic rings. The van der Waals surface area contributed by atoms with Crippen LogP contribution in [0, 0.1) is 0 Å². The van der Waals surface area contributed by atoms with Crippen LogP contribution in [0.3, 0.4) is 0 Å². The van der Waals surface area contributed by atoms with Crippen molar-refractivity contribution in [2.24, 2.45) is 0 Å². The molecule has 1 N–H and O–H groups in total. The standard InChI is InChI=1S/C18H22ClN3O3/c1-12(2)17-15(18(23)21-25-16-8-3-4-9-24-16)11-20-22(17)14-7-5-6-13(19)10-14/h5-7,10-12,16H,3-4,8-9H2,1-2H3,(H,21,23). The highest BCUT2D eigenvalue weighted by molar-refractivity contribution is 6.30. The summed E-state index contributed by atoms with van der Waals surface area (Å²) < 4.78 is 7.20. The van der Waals surface area contributed by atoms with Gasteiger partial charge in [0.25, 0.3) is 5.91 Å². The van der Waals surface area contributed by atoms with E-state index in [1.165, 1.54) is 0 Å². The molecule has 1 saturated heterocycles. The Morgan fingerprint density at radius 1 is 1.44 bits per heavy atom. The number of aromatic nitrogens is 2. The minimum atomic E-state index is -0.386. The number of rotatable bonds is 5. The van der Waals surface area contributed by atoms with Crippen molar-refractivity contribution >= 4 is 17.5 Å². The molecule has 1 fully saturated rings. The molecule has 0 bridgehead atoms. The molecule has 2 aromatic rings. The molecule has 1 amide bonds. The Labute approximate surface area is 152 Å². The molecule has 134 valence electrons. The summed E-state index contributed by atoms with van der Waals surface area (Å²) in [6.45, 7) is 4.68. The number of halogens is 1. The highest BCUT2D eigenvalue weighted by atomic mass is 35.5. The molecular formula is C18H22ClN3O3. The minimum Gasteiger partial charge on any atom is -0.350 e. The summed E-state index contributed by atoms with van der Waals surface area (Å²) in [6, 6.07) is 7.37. The van der Waals surface area contributed by atoms with Crippen LogP contribution in [-0.4, -0.2) is 28.6 Å². The fourth-order valence-electron chi connectivity index (χ4n) is 2.88. The lowest BCUT2D eigenvalue weighted by Gasteiger charge is -2.22. The Hall–Kier alpha value is -1.89. The number of amides is 1. The summed E-state index contributed by atoms with van der Waals surface area (Å²) >= 11 is 6.08. The van der Waals surface area contributed by atoms with E-state index in [1.807, 2.05) is 32.0 Å². The highest BCUT2D eigenvalue weighted by Gasteiger charge is 2.23. The van der Waals surface area contributed by atoms with Gasteiger partial charge >= 0.3 is 0 Å². The molecule has 2 heterocycles. The summed E-state index contributed by atoms with van der Waals surface area (Å²) in [4.78, 5) is 17.9. The van der Waals surface area contributed by atoms with Gasteiger partial charge in [-0.05, 0) is 37.0 Å². The van der Waals surface area contributed by atoms with Gasteiger partial charge in [0.2, 0.25) is 0 Å². The van der Waals surface area contributed by atoms with E-state index in [2.05, 4.69) is 10.6 Å². The molecule has 1 atom stereocenters. The van der Waals surface area contributed by atoms with Gasteiger partial charge in [-0.3, -0.25) is 4.79 Å². The molecule has 7 heteroatoms. The average Bonchev–Trinajstić information content (AvgIpc) is 3.06. The van der Waals surface area contributed by atoms with E-state index in [1.54, 1.807) is 16.9 Å². The van der Waals surface area contributed by atoms with Crippen LogP contribution in [0.25, 0.3) is 5.69 Å². The maximum absolute atomic E-state index is 12.6. The van der Waals surface area contributed by atoms with Crippen LogP contribution < -0.4 is 5.48 Å². The Morgan fingerprint density at radius 2 is 2.28 bits per heavy atom. The topological polar surface area (TPSA) is 65.4 Å². The van der Waals surface area contributed by atoms with E-state index in [4.69, 9.17) is 21.2 Å². The maximum Gasteiger partial charge on any atom is 0.278 e. The highest BCUT2D eigenvalue weighted by Crippen LogP contribution is 2.24. The Kier molecular flexibility index (Phi) is 5.73. The van der Waals surface area contributed by atoms with E-state index in [0.717, 1.165) is 30.6 Å². The normalized spacial score (nSPS) is 17.7. The summed E-state index contributed by atoms with van der Waals surface area (Å²) in [6.07, 6.45) is 4.00. The van der Waals surface area contributed by atoms with Crippen LogP contribution in [-0.2, 0) is 9.57 Å². The number of nitrogens with one attached hydrogen (secondary N) is 1. The lowest BCUT2D eigenvalue weighted by molar-refractivity contribution is -0.186. The summed E-state index contributed by atoms with van der Waals surface area (Å²) in [5.74, 6) is -0.237. The lowest BCUT2D eigenvalue weighted by atomic mass is 10.1. The average molecular weight is 364 g/mol. The first-order chi connectivity index (χ1) is 12.1. The van der Waals surface area contributed by atoms with E-state index < -0.39 is 0 Å². The van der Waals surface area contributed by atoms with E-state index in [9.17, 15) is 4.79 Å². The number of hydrogen-bond donors (Lipinski definition) is 1. The lowest BCUT2D eigenvalue weighted by Crippen LogP contribution is -2.33. The predicted octanol–water partition coefficient (Wildman–Crippen LogP) is 3.84. The van der Waals surface area contributed by atoms with Crippen LogP contribution in [0.4, 0.5) is 0 Å². The van der Waals surface area contributed by atoms with Crippen molar-refractivity contribution in [1.82, 2.24) is 15.3 Å². The van der Waals surface area contributed by atoms with E-state index in [-0.39, 0.29) is 18.1 Å². The Balaban J connectivity index is 1.80. The van der Waals surface area contributed by atoms with Gasteiger partial charge in [-0.1, -0.05) is 31.5 Å². The van der Waals surface area contributed by atoms with Crippen LogP contribution in [0.5, 0.6) is 0 Å². The molecule has 0 aliphatic carbocycles. The van der Waals surface area contributed by atoms with Gasteiger partial charge in [0, 0.05) is 18.1 Å². The van der Waals surface area contributed by atoms with Gasteiger partial charge in [0.1, 0.15) is 0 Å². The second-order valence-electron chi connectivity index (χ2n) is 6.34. The maximum atomic E-state index is 12.6. The van der Waals surface area contributed by atoms with Crippen molar-refractivity contribution in [3.8, 4) is 5.69 Å². The molecule has 0 saturated carbocycles. The molecule has 1 unspecified atom stereocenters. The van der Waals surface area contributed by atoms with Gasteiger partial charge in [-0.15, -0.1) is 0 Å². The smallest absolute Gasteiger partial charge is 0.278 e. The van der Waals surface area contributed by atoms with Crippen LogP contribution in [0.1, 0.15) is 55.1 Å². The molecule has 25 heavy (non-hydrogen) atoms. The molecule has 0 spiro atoms. The van der Waals surface area contributed by atoms with Crippen molar-refractivity contribution in [1.29, 1.82) is 0 Å². The van der Waals surface area contributed by atoms with Crippen molar-refractivity contribution in [2.45, 2.75) is 45.3 Å². The number of carbonyl (C=O) groups is 1. The third kappa shape index (κ3) is 4.21. The van der Waals surface area contributed by atoms with E-state index >= 15 is 0 Å². The fraction of sp³-hybridized carbons (Fsp3) is 0.444. The first-order valence-electron chi connectivity index (χ1n) is 8.47. The van der Waals surface area contributed by atoms with Crippen LogP contribution in [0.15, 0.2) is 30.5 Å².